The minimum Gasteiger partial charge on any atom is -0.464 e. The van der Waals surface area contributed by atoms with Crippen LogP contribution in [0.3, 0.4) is 0 Å². The Morgan fingerprint density at radius 3 is 1.92 bits per heavy atom. The maximum absolute atomic E-state index is 12.0. The molecule has 0 aliphatic heterocycles. The summed E-state index contributed by atoms with van der Waals surface area (Å²) in [6.45, 7) is 12.9. The SMILES string of the molecule is CCOC(=O)[C@H](CCCCNC(=O)OC(C)(C)C)NC(=O)OC(C)(C)C. The highest BCUT2D eigenvalue weighted by atomic mass is 16.6. The summed E-state index contributed by atoms with van der Waals surface area (Å²) in [5.74, 6) is -0.501. The van der Waals surface area contributed by atoms with Crippen LogP contribution < -0.4 is 10.6 Å². The summed E-state index contributed by atoms with van der Waals surface area (Å²) in [5, 5.41) is 5.19. The van der Waals surface area contributed by atoms with E-state index >= 15 is 0 Å². The lowest BCUT2D eigenvalue weighted by molar-refractivity contribution is -0.145. The first-order valence-electron chi connectivity index (χ1n) is 8.97. The molecule has 8 heteroatoms. The van der Waals surface area contributed by atoms with Crippen LogP contribution in [0.4, 0.5) is 9.59 Å². The minimum absolute atomic E-state index is 0.228. The van der Waals surface area contributed by atoms with Crippen LogP contribution in [-0.4, -0.2) is 48.6 Å². The zero-order valence-electron chi connectivity index (χ0n) is 17.1. The van der Waals surface area contributed by atoms with Crippen LogP contribution in [0.1, 0.15) is 67.7 Å². The van der Waals surface area contributed by atoms with Crippen LogP contribution in [0.25, 0.3) is 0 Å². The van der Waals surface area contributed by atoms with E-state index in [1.54, 1.807) is 48.5 Å². The molecule has 0 aliphatic rings. The molecule has 0 radical (unpaired) electrons. The number of rotatable bonds is 8. The Hall–Kier alpha value is -1.99. The van der Waals surface area contributed by atoms with E-state index in [9.17, 15) is 14.4 Å². The van der Waals surface area contributed by atoms with Crippen LogP contribution in [0, 0.1) is 0 Å². The Balaban J connectivity index is 4.34. The van der Waals surface area contributed by atoms with Gasteiger partial charge in [0.2, 0.25) is 0 Å². The third-order valence-corrected chi connectivity index (χ3v) is 2.85. The molecule has 152 valence electrons. The van der Waals surface area contributed by atoms with Crippen LogP contribution in [0.2, 0.25) is 0 Å². The molecule has 2 N–H and O–H groups in total. The van der Waals surface area contributed by atoms with Crippen molar-refractivity contribution in [1.82, 2.24) is 10.6 Å². The smallest absolute Gasteiger partial charge is 0.408 e. The van der Waals surface area contributed by atoms with Gasteiger partial charge in [0.1, 0.15) is 17.2 Å². The first-order valence-corrected chi connectivity index (χ1v) is 8.97. The molecule has 0 aromatic carbocycles. The lowest BCUT2D eigenvalue weighted by Crippen LogP contribution is -2.44. The second-order valence-corrected chi connectivity index (χ2v) is 7.88. The number of esters is 1. The molecule has 1 atom stereocenters. The minimum atomic E-state index is -0.786. The van der Waals surface area contributed by atoms with Crippen LogP contribution in [0.15, 0.2) is 0 Å². The highest BCUT2D eigenvalue weighted by Crippen LogP contribution is 2.09. The van der Waals surface area contributed by atoms with E-state index in [2.05, 4.69) is 10.6 Å². The number of hydrogen-bond acceptors (Lipinski definition) is 6. The van der Waals surface area contributed by atoms with Crippen molar-refractivity contribution in [2.45, 2.75) is 85.0 Å². The molecule has 0 spiro atoms. The Labute approximate surface area is 156 Å². The van der Waals surface area contributed by atoms with Crippen LogP contribution >= 0.6 is 0 Å². The summed E-state index contributed by atoms with van der Waals surface area (Å²) in [5.41, 5.74) is -1.20. The van der Waals surface area contributed by atoms with Crippen molar-refractivity contribution < 1.29 is 28.6 Å². The quantitative estimate of drug-likeness (QED) is 0.384. The fourth-order valence-electron chi connectivity index (χ4n) is 1.92. The molecule has 0 rings (SSSR count). The van der Waals surface area contributed by atoms with E-state index in [0.29, 0.717) is 25.8 Å². The van der Waals surface area contributed by atoms with E-state index in [4.69, 9.17) is 14.2 Å². The summed E-state index contributed by atoms with van der Waals surface area (Å²) in [6.07, 6.45) is 0.475. The largest absolute Gasteiger partial charge is 0.464 e. The van der Waals surface area contributed by atoms with Crippen molar-refractivity contribution in [1.29, 1.82) is 0 Å². The summed E-state index contributed by atoms with van der Waals surface area (Å²) in [4.78, 5) is 35.4. The van der Waals surface area contributed by atoms with E-state index in [0.717, 1.165) is 0 Å². The summed E-state index contributed by atoms with van der Waals surface area (Å²) < 4.78 is 15.3. The lowest BCUT2D eigenvalue weighted by Gasteiger charge is -2.23. The number of amides is 2. The van der Waals surface area contributed by atoms with E-state index in [1.807, 2.05) is 0 Å². The molecule has 0 bridgehead atoms. The summed E-state index contributed by atoms with van der Waals surface area (Å²) >= 11 is 0. The van der Waals surface area contributed by atoms with Crippen LogP contribution in [0.5, 0.6) is 0 Å². The molecule has 0 aliphatic carbocycles. The Morgan fingerprint density at radius 1 is 0.885 bits per heavy atom. The molecule has 8 nitrogen and oxygen atoms in total. The third kappa shape index (κ3) is 13.3. The number of hydrogen-bond donors (Lipinski definition) is 2. The molecular weight excluding hydrogens is 340 g/mol. The average molecular weight is 374 g/mol. The molecular formula is C18H34N2O6. The number of ether oxygens (including phenoxy) is 3. The van der Waals surface area contributed by atoms with Gasteiger partial charge in [-0.3, -0.25) is 0 Å². The Morgan fingerprint density at radius 2 is 1.42 bits per heavy atom. The van der Waals surface area contributed by atoms with Gasteiger partial charge < -0.3 is 24.8 Å². The molecule has 0 aromatic rings. The fourth-order valence-corrected chi connectivity index (χ4v) is 1.92. The van der Waals surface area contributed by atoms with E-state index in [-0.39, 0.29) is 6.61 Å². The second kappa shape index (κ2) is 10.9. The highest BCUT2D eigenvalue weighted by Gasteiger charge is 2.25. The molecule has 26 heavy (non-hydrogen) atoms. The molecule has 2 amide bonds. The number of nitrogens with one attached hydrogen (secondary N) is 2. The summed E-state index contributed by atoms with van der Waals surface area (Å²) in [6, 6.07) is -0.786. The van der Waals surface area contributed by atoms with Gasteiger partial charge in [0.15, 0.2) is 0 Å². The molecule has 0 saturated carbocycles. The average Bonchev–Trinajstić information content (AvgIpc) is 2.41. The van der Waals surface area contributed by atoms with E-state index < -0.39 is 35.4 Å². The van der Waals surface area contributed by atoms with Gasteiger partial charge in [0.05, 0.1) is 6.61 Å². The number of unbranched alkanes of at least 4 members (excludes halogenated alkanes) is 1. The number of carbonyl (C=O) groups excluding carboxylic acids is 3. The molecule has 0 saturated heterocycles. The van der Waals surface area contributed by atoms with Gasteiger partial charge in [-0.05, 0) is 67.7 Å². The first kappa shape index (κ1) is 24.0. The predicted octanol–water partition coefficient (Wildman–Crippen LogP) is 3.14. The molecule has 0 heterocycles. The van der Waals surface area contributed by atoms with Gasteiger partial charge >= 0.3 is 18.2 Å². The Kier molecular flexibility index (Phi) is 10.0. The van der Waals surface area contributed by atoms with Gasteiger partial charge in [-0.25, -0.2) is 14.4 Å². The zero-order chi connectivity index (χ0) is 20.4. The third-order valence-electron chi connectivity index (χ3n) is 2.85. The second-order valence-electron chi connectivity index (χ2n) is 7.88. The standard InChI is InChI=1S/C18H34N2O6/c1-8-24-14(21)13(20-16(23)26-18(5,6)7)11-9-10-12-19-15(22)25-17(2,3)4/h13H,8-12H2,1-7H3,(H,19,22)(H,20,23)/t13-/m0/s1. The predicted molar refractivity (Wildman–Crippen MR) is 97.9 cm³/mol. The molecule has 0 aromatic heterocycles. The normalized spacial score (nSPS) is 12.7. The van der Waals surface area contributed by atoms with Gasteiger partial charge in [-0.1, -0.05) is 0 Å². The van der Waals surface area contributed by atoms with Crippen molar-refractivity contribution in [2.75, 3.05) is 13.2 Å². The monoisotopic (exact) mass is 374 g/mol. The van der Waals surface area contributed by atoms with Crippen molar-refractivity contribution >= 4 is 18.2 Å². The lowest BCUT2D eigenvalue weighted by atomic mass is 10.1. The topological polar surface area (TPSA) is 103 Å². The van der Waals surface area contributed by atoms with E-state index in [1.165, 1.54) is 0 Å². The van der Waals surface area contributed by atoms with Crippen LogP contribution in [-0.2, 0) is 19.0 Å². The molecule has 0 fully saturated rings. The van der Waals surface area contributed by atoms with Gasteiger partial charge in [-0.15, -0.1) is 0 Å². The van der Waals surface area contributed by atoms with Crippen molar-refractivity contribution in [3.8, 4) is 0 Å². The van der Waals surface area contributed by atoms with Crippen molar-refractivity contribution in [3.05, 3.63) is 0 Å². The van der Waals surface area contributed by atoms with Gasteiger partial charge in [0.25, 0.3) is 0 Å². The molecule has 0 unspecified atom stereocenters. The maximum Gasteiger partial charge on any atom is 0.408 e. The first-order chi connectivity index (χ1) is 11.8. The summed E-state index contributed by atoms with van der Waals surface area (Å²) in [7, 11) is 0. The van der Waals surface area contributed by atoms with Crippen molar-refractivity contribution in [2.24, 2.45) is 0 Å². The van der Waals surface area contributed by atoms with Gasteiger partial charge in [-0.2, -0.15) is 0 Å². The highest BCUT2D eigenvalue weighted by molar-refractivity contribution is 5.81. The number of alkyl carbamates (subject to hydrolysis) is 2. The number of carbonyl (C=O) groups is 3. The fraction of sp³-hybridized carbons (Fsp3) is 0.833. The van der Waals surface area contributed by atoms with Gasteiger partial charge in [0, 0.05) is 6.54 Å². The van der Waals surface area contributed by atoms with Crippen molar-refractivity contribution in [3.63, 3.8) is 0 Å². The maximum atomic E-state index is 12.0. The Bertz CT molecular complexity index is 465. The zero-order valence-corrected chi connectivity index (χ0v) is 17.1.